The van der Waals surface area contributed by atoms with E-state index in [0.717, 1.165) is 31.4 Å². The standard InChI is InChI=1S/C69H55N.C2H6/c1-48-40-42-50(43-41-48)57-34-20-33-56(49-22-6-2-7-23-49)67(57)70(55-46-44-54(45-47-55)68(51-24-8-3-9-25-51)61-35-17-14-30-58(61)59-31-15-18-36-62(59)68)65-39-21-38-64-66(65)60-32-16-19-37-63(60)69(64,52-26-10-4-11-27-52)53-28-12-5-13-29-53;1-2/h2-4,6-12,14-37,39-40,42-48,64H,5,13,38,41H2,1H3;1-2H3. The molecule has 0 bridgehead atoms. The van der Waals surface area contributed by atoms with Crippen molar-refractivity contribution in [2.24, 2.45) is 11.8 Å². The molecule has 8 aromatic rings. The third kappa shape index (κ3) is 7.04. The monoisotopic (exact) mass is 927 g/mol. The molecule has 5 aliphatic rings. The summed E-state index contributed by atoms with van der Waals surface area (Å²) < 4.78 is 0. The van der Waals surface area contributed by atoms with Gasteiger partial charge in [-0.1, -0.05) is 257 Å². The second kappa shape index (κ2) is 19.0. The molecule has 13 rings (SSSR count). The molecule has 0 radical (unpaired) electrons. The fourth-order valence-corrected chi connectivity index (χ4v) is 13.1. The fourth-order valence-electron chi connectivity index (χ4n) is 13.1. The van der Waals surface area contributed by atoms with Gasteiger partial charge < -0.3 is 4.90 Å². The first-order valence-electron chi connectivity index (χ1n) is 26.3. The quantitative estimate of drug-likeness (QED) is 0.139. The highest BCUT2D eigenvalue weighted by atomic mass is 15.2. The van der Waals surface area contributed by atoms with Crippen molar-refractivity contribution < 1.29 is 0 Å². The van der Waals surface area contributed by atoms with E-state index in [-0.39, 0.29) is 11.3 Å². The number of anilines is 2. The molecule has 0 saturated heterocycles. The van der Waals surface area contributed by atoms with Gasteiger partial charge in [0.2, 0.25) is 0 Å². The Kier molecular flexibility index (Phi) is 11.9. The summed E-state index contributed by atoms with van der Waals surface area (Å²) in [5.41, 5.74) is 22.2. The molecule has 0 N–H and O–H groups in total. The number of nitrogens with zero attached hydrogens (tertiary/aromatic N) is 1. The first kappa shape index (κ1) is 45.2. The van der Waals surface area contributed by atoms with E-state index < -0.39 is 5.41 Å². The molecule has 0 saturated carbocycles. The summed E-state index contributed by atoms with van der Waals surface area (Å²) in [6.45, 7) is 6.31. The number of benzene rings is 8. The maximum atomic E-state index is 2.65. The maximum absolute atomic E-state index is 2.65. The van der Waals surface area contributed by atoms with Gasteiger partial charge in [-0.05, 0) is 122 Å². The Bertz CT molecular complexity index is 3440. The molecule has 3 unspecified atom stereocenters. The van der Waals surface area contributed by atoms with E-state index in [2.05, 4.69) is 267 Å². The zero-order valence-corrected chi connectivity index (χ0v) is 41.7. The minimum Gasteiger partial charge on any atom is -0.309 e. The maximum Gasteiger partial charge on any atom is 0.0713 e. The highest BCUT2D eigenvalue weighted by Crippen LogP contribution is 2.63. The van der Waals surface area contributed by atoms with E-state index in [1.54, 1.807) is 0 Å². The van der Waals surface area contributed by atoms with Gasteiger partial charge in [0.1, 0.15) is 0 Å². The third-order valence-corrected chi connectivity index (χ3v) is 16.0. The van der Waals surface area contributed by atoms with Crippen molar-refractivity contribution in [1.29, 1.82) is 0 Å². The molecule has 3 atom stereocenters. The summed E-state index contributed by atoms with van der Waals surface area (Å²) in [7, 11) is 0. The van der Waals surface area contributed by atoms with Gasteiger partial charge in [0.05, 0.1) is 22.2 Å². The normalized spacial score (nSPS) is 19.8. The number of hydrogen-bond donors (Lipinski definition) is 0. The predicted octanol–water partition coefficient (Wildman–Crippen LogP) is 18.4. The summed E-state index contributed by atoms with van der Waals surface area (Å²) in [6, 6.07) is 77.7. The molecule has 1 heteroatoms. The number of para-hydroxylation sites is 1. The second-order valence-corrected chi connectivity index (χ2v) is 19.7. The summed E-state index contributed by atoms with van der Waals surface area (Å²) >= 11 is 0. The van der Waals surface area contributed by atoms with Crippen LogP contribution >= 0.6 is 0 Å². The summed E-state index contributed by atoms with van der Waals surface area (Å²) in [4.78, 5) is 2.65. The lowest BCUT2D eigenvalue weighted by atomic mass is 9.61. The Labute approximate surface area is 427 Å². The van der Waals surface area contributed by atoms with Crippen molar-refractivity contribution in [1.82, 2.24) is 0 Å². The average Bonchev–Trinajstić information content (AvgIpc) is 3.95. The number of allylic oxidation sites excluding steroid dienone is 11. The highest BCUT2D eigenvalue weighted by Gasteiger charge is 2.54. The van der Waals surface area contributed by atoms with Crippen LogP contribution in [-0.2, 0) is 10.8 Å². The van der Waals surface area contributed by atoms with Crippen molar-refractivity contribution in [2.75, 3.05) is 4.90 Å². The van der Waals surface area contributed by atoms with Crippen LogP contribution in [0.2, 0.25) is 0 Å². The molecule has 0 heterocycles. The molecule has 0 amide bonds. The summed E-state index contributed by atoms with van der Waals surface area (Å²) in [6.07, 6.45) is 23.6. The second-order valence-electron chi connectivity index (χ2n) is 19.7. The van der Waals surface area contributed by atoms with Gasteiger partial charge in [0, 0.05) is 22.7 Å². The van der Waals surface area contributed by atoms with Gasteiger partial charge in [-0.15, -0.1) is 0 Å². The van der Waals surface area contributed by atoms with Crippen LogP contribution in [0.1, 0.15) is 91.0 Å². The van der Waals surface area contributed by atoms with E-state index >= 15 is 0 Å². The van der Waals surface area contributed by atoms with Crippen LogP contribution in [0.3, 0.4) is 0 Å². The average molecular weight is 928 g/mol. The van der Waals surface area contributed by atoms with E-state index in [1.165, 1.54) is 94.9 Å². The summed E-state index contributed by atoms with van der Waals surface area (Å²) in [5, 5.41) is 0. The molecule has 0 aliphatic heterocycles. The van der Waals surface area contributed by atoms with Gasteiger partial charge in [-0.2, -0.15) is 0 Å². The molecule has 8 aromatic carbocycles. The Balaban J connectivity index is 0.00000262. The minimum absolute atomic E-state index is 0.151. The smallest absolute Gasteiger partial charge is 0.0713 e. The van der Waals surface area contributed by atoms with Gasteiger partial charge in [0.15, 0.2) is 0 Å². The number of hydrogen-bond acceptors (Lipinski definition) is 1. The van der Waals surface area contributed by atoms with Crippen LogP contribution < -0.4 is 4.90 Å². The lowest BCUT2D eigenvalue weighted by Gasteiger charge is -2.42. The van der Waals surface area contributed by atoms with Gasteiger partial charge >= 0.3 is 0 Å². The number of fused-ring (bicyclic) bond motifs is 6. The van der Waals surface area contributed by atoms with E-state index in [0.29, 0.717) is 5.92 Å². The first-order chi connectivity index (χ1) is 35.7. The summed E-state index contributed by atoms with van der Waals surface area (Å²) in [5.74, 6) is 0.644. The largest absolute Gasteiger partial charge is 0.309 e. The fraction of sp³-hybridized carbons (Fsp3) is 0.155. The third-order valence-electron chi connectivity index (χ3n) is 16.0. The molecular formula is C71H61N. The lowest BCUT2D eigenvalue weighted by Crippen LogP contribution is -2.36. The highest BCUT2D eigenvalue weighted by molar-refractivity contribution is 5.99. The predicted molar refractivity (Wildman–Crippen MR) is 304 cm³/mol. The zero-order chi connectivity index (χ0) is 48.7. The minimum atomic E-state index is -0.502. The molecular weight excluding hydrogens is 867 g/mol. The van der Waals surface area contributed by atoms with E-state index in [9.17, 15) is 0 Å². The van der Waals surface area contributed by atoms with Crippen molar-refractivity contribution in [3.63, 3.8) is 0 Å². The molecule has 350 valence electrons. The van der Waals surface area contributed by atoms with Crippen LogP contribution in [0.15, 0.2) is 266 Å². The topological polar surface area (TPSA) is 3.24 Å². The van der Waals surface area contributed by atoms with Crippen LogP contribution in [0.4, 0.5) is 11.4 Å². The number of rotatable bonds is 9. The van der Waals surface area contributed by atoms with Crippen LogP contribution in [-0.4, -0.2) is 0 Å². The van der Waals surface area contributed by atoms with E-state index in [1.807, 2.05) is 13.8 Å². The molecule has 0 fully saturated rings. The zero-order valence-electron chi connectivity index (χ0n) is 41.7. The van der Waals surface area contributed by atoms with E-state index in [4.69, 9.17) is 0 Å². The van der Waals surface area contributed by atoms with Gasteiger partial charge in [0.25, 0.3) is 0 Å². The Morgan fingerprint density at radius 2 is 1.01 bits per heavy atom. The SMILES string of the molecule is CC.CC1C=CC(c2cccc(-c3ccccc3)c2N(C2=C3c4ccccc4C(C4=CCCC=C4)(c4ccccc4)C3CC=C2)c2ccc(C3(c4ccccc4)c4ccccc4-c4ccccc43)cc2)=CC1. The van der Waals surface area contributed by atoms with Gasteiger partial charge in [-0.25, -0.2) is 0 Å². The molecule has 1 nitrogen and oxygen atoms in total. The van der Waals surface area contributed by atoms with Crippen LogP contribution in [0.5, 0.6) is 0 Å². The van der Waals surface area contributed by atoms with Crippen molar-refractivity contribution in [3.05, 3.63) is 311 Å². The van der Waals surface area contributed by atoms with Crippen molar-refractivity contribution >= 4 is 22.5 Å². The Morgan fingerprint density at radius 3 is 1.65 bits per heavy atom. The molecule has 5 aliphatic carbocycles. The van der Waals surface area contributed by atoms with Crippen molar-refractivity contribution in [3.8, 4) is 22.3 Å². The molecule has 0 spiro atoms. The Hall–Kier alpha value is -8.00. The first-order valence-corrected chi connectivity index (χ1v) is 26.3. The van der Waals surface area contributed by atoms with Gasteiger partial charge in [-0.3, -0.25) is 0 Å². The van der Waals surface area contributed by atoms with Crippen LogP contribution in [0, 0.1) is 11.8 Å². The molecule has 0 aromatic heterocycles. The van der Waals surface area contributed by atoms with Crippen LogP contribution in [0.25, 0.3) is 33.4 Å². The van der Waals surface area contributed by atoms with Crippen molar-refractivity contribution in [2.45, 2.75) is 57.3 Å². The molecule has 72 heavy (non-hydrogen) atoms. The lowest BCUT2D eigenvalue weighted by molar-refractivity contribution is 0.478. The Morgan fingerprint density at radius 1 is 0.444 bits per heavy atom.